The molecule has 2 rings (SSSR count). The van der Waals surface area contributed by atoms with Crippen LogP contribution < -0.4 is 11.5 Å². The molecule has 3 unspecified atom stereocenters. The molecule has 0 saturated carbocycles. The smallest absolute Gasteiger partial charge is 0.348 e. The molecule has 0 spiro atoms. The number of hydrogen-bond acceptors (Lipinski definition) is 5. The summed E-state index contributed by atoms with van der Waals surface area (Å²) < 4.78 is 21.7. The molecule has 9 nitrogen and oxygen atoms in total. The number of unbranched alkanes of at least 4 members (excludes halogenated alkanes) is 10. The maximum atomic E-state index is 10.9. The first-order valence-electron chi connectivity index (χ1n) is 18.4. The fraction of sp³-hybridized carbons (Fsp3) is 0.632. The Morgan fingerprint density at radius 2 is 0.959 bits per heavy atom. The molecule has 0 aliphatic rings. The van der Waals surface area contributed by atoms with Gasteiger partial charge in [-0.3, -0.25) is 9.13 Å². The molecule has 280 valence electrons. The number of aliphatic hydroxyl groups excluding tert-OH is 1. The lowest BCUT2D eigenvalue weighted by Crippen LogP contribution is -2.37. The topological polar surface area (TPSA) is 187 Å². The first-order valence-corrected chi connectivity index (χ1v) is 21.8. The first kappa shape index (κ1) is 45.4. The quantitative estimate of drug-likeness (QED) is 0.0394. The van der Waals surface area contributed by atoms with Crippen LogP contribution in [0.2, 0.25) is 0 Å². The van der Waals surface area contributed by atoms with Crippen molar-refractivity contribution in [3.05, 3.63) is 82.7 Å². The monoisotopic (exact) mass is 724 g/mol. The number of nitrogens with two attached hydrogens (primary N) is 2. The summed E-state index contributed by atoms with van der Waals surface area (Å²) in [6.07, 6.45) is 20.2. The van der Waals surface area contributed by atoms with Gasteiger partial charge in [-0.1, -0.05) is 133 Å². The first-order chi connectivity index (χ1) is 23.2. The maximum Gasteiger partial charge on any atom is 0.348 e. The fourth-order valence-electron chi connectivity index (χ4n) is 5.52. The van der Waals surface area contributed by atoms with E-state index >= 15 is 0 Å². The van der Waals surface area contributed by atoms with E-state index in [-0.39, 0.29) is 6.04 Å². The van der Waals surface area contributed by atoms with Crippen molar-refractivity contribution in [3.63, 3.8) is 0 Å². The van der Waals surface area contributed by atoms with E-state index in [1.165, 1.54) is 99.8 Å². The molecule has 11 heteroatoms. The van der Waals surface area contributed by atoms with Crippen molar-refractivity contribution >= 4 is 15.2 Å². The van der Waals surface area contributed by atoms with Gasteiger partial charge in [-0.15, -0.1) is 0 Å². The van der Waals surface area contributed by atoms with Crippen molar-refractivity contribution in [2.24, 2.45) is 11.5 Å². The van der Waals surface area contributed by atoms with Gasteiger partial charge in [0.05, 0.1) is 12.3 Å². The molecule has 0 amide bonds. The third kappa shape index (κ3) is 25.9. The summed E-state index contributed by atoms with van der Waals surface area (Å²) in [5.41, 5.74) is 16.7. The summed E-state index contributed by atoms with van der Waals surface area (Å²) in [5, 5.41) is 9.73. The summed E-state index contributed by atoms with van der Waals surface area (Å²) >= 11 is 0. The molecular weight excluding hydrogens is 658 g/mol. The molecule has 9 N–H and O–H groups in total. The van der Waals surface area contributed by atoms with E-state index in [0.717, 1.165) is 30.6 Å². The van der Waals surface area contributed by atoms with E-state index in [9.17, 15) is 14.2 Å². The molecule has 0 fully saturated rings. The van der Waals surface area contributed by atoms with Crippen LogP contribution in [-0.4, -0.2) is 49.0 Å². The van der Waals surface area contributed by atoms with Crippen LogP contribution in [0.4, 0.5) is 0 Å². The second-order valence-corrected chi connectivity index (χ2v) is 16.6. The molecule has 0 aliphatic heterocycles. The molecule has 0 aliphatic carbocycles. The van der Waals surface area contributed by atoms with E-state index < -0.39 is 33.5 Å². The Balaban J connectivity index is 0.000000490. The number of aliphatic hydroxyl groups is 1. The highest BCUT2D eigenvalue weighted by Gasteiger charge is 2.24. The summed E-state index contributed by atoms with van der Waals surface area (Å²) in [6.45, 7) is 4.47. The van der Waals surface area contributed by atoms with Crippen LogP contribution >= 0.6 is 15.2 Å². The minimum Gasteiger partial charge on any atom is -0.391 e. The largest absolute Gasteiger partial charge is 0.391 e. The van der Waals surface area contributed by atoms with Gasteiger partial charge in [0.25, 0.3) is 0 Å². The molecule has 0 heterocycles. The predicted octanol–water partition coefficient (Wildman–Crippen LogP) is 7.93. The number of benzene rings is 2. The highest BCUT2D eigenvalue weighted by molar-refractivity contribution is 7.55. The number of hydrogen-bond donors (Lipinski definition) is 7. The summed E-state index contributed by atoms with van der Waals surface area (Å²) in [4.78, 5) is 35.3. The Kier molecular flexibility index (Phi) is 24.2. The zero-order valence-electron chi connectivity index (χ0n) is 30.0. The van der Waals surface area contributed by atoms with Gasteiger partial charge in [0.1, 0.15) is 0 Å². The van der Waals surface area contributed by atoms with Crippen molar-refractivity contribution in [1.82, 2.24) is 0 Å². The third-order valence-electron chi connectivity index (χ3n) is 8.66. The molecule has 0 radical (unpaired) electrons. The van der Waals surface area contributed by atoms with Crippen LogP contribution in [0.5, 0.6) is 0 Å². The molecule has 0 aromatic heterocycles. The second-order valence-electron chi connectivity index (χ2n) is 13.4. The highest BCUT2D eigenvalue weighted by atomic mass is 31.2. The van der Waals surface area contributed by atoms with Gasteiger partial charge in [-0.2, -0.15) is 0 Å². The van der Waals surface area contributed by atoms with Crippen molar-refractivity contribution < 1.29 is 33.8 Å². The lowest BCUT2D eigenvalue weighted by Gasteiger charge is -2.19. The van der Waals surface area contributed by atoms with Crippen LogP contribution in [0.15, 0.2) is 60.4 Å². The van der Waals surface area contributed by atoms with Gasteiger partial charge in [0.2, 0.25) is 0 Å². The fourth-order valence-corrected chi connectivity index (χ4v) is 6.72. The Labute approximate surface area is 296 Å². The standard InChI is InChI=1S/C19H34NO4P.C19H32NO3P/c1-2-3-4-5-6-7-8-16-9-11-17(12-10-16)13-14-18(20)19(21)15-25(22,23)24;1-2-3-4-5-6-7-8-17-9-11-18(12-10-17)13-14-19(20)15-16-24(21,22)23/h9-12,18-19,21H,2-8,13-15,20H2,1H3,(H2,22,23,24);9-12,15-16,19H,2-8,13-14,20H2,1H3,(H2,21,22,23)/b;16-15+. The molecule has 0 saturated heterocycles. The van der Waals surface area contributed by atoms with Gasteiger partial charge in [0.15, 0.2) is 0 Å². The summed E-state index contributed by atoms with van der Waals surface area (Å²) in [7, 11) is -8.33. The van der Waals surface area contributed by atoms with Crippen molar-refractivity contribution in [2.75, 3.05) is 6.16 Å². The van der Waals surface area contributed by atoms with Crippen LogP contribution in [-0.2, 0) is 34.8 Å². The van der Waals surface area contributed by atoms with E-state index in [0.29, 0.717) is 19.3 Å². The average molecular weight is 725 g/mol. The SMILES string of the molecule is CCCCCCCCc1ccc(CCC(N)/C=C/P(=O)(O)O)cc1.CCCCCCCCc1ccc(CCC(N)C(O)CP(=O)(O)O)cc1. The van der Waals surface area contributed by atoms with Crippen LogP contribution in [0.3, 0.4) is 0 Å². The minimum atomic E-state index is -4.23. The third-order valence-corrected chi connectivity index (χ3v) is 10.1. The normalized spacial score (nSPS) is 14.0. The molecule has 49 heavy (non-hydrogen) atoms. The molecule has 0 bridgehead atoms. The number of rotatable bonds is 25. The Hall–Kier alpha value is -1.64. The van der Waals surface area contributed by atoms with E-state index in [1.807, 2.05) is 0 Å². The Morgan fingerprint density at radius 3 is 1.35 bits per heavy atom. The van der Waals surface area contributed by atoms with Gasteiger partial charge in [-0.25, -0.2) is 0 Å². The Bertz CT molecular complexity index is 1230. The highest BCUT2D eigenvalue weighted by Crippen LogP contribution is 2.36. The van der Waals surface area contributed by atoms with Crippen molar-refractivity contribution in [1.29, 1.82) is 0 Å². The molecule has 2 aromatic carbocycles. The van der Waals surface area contributed by atoms with Crippen molar-refractivity contribution in [3.8, 4) is 0 Å². The van der Waals surface area contributed by atoms with Crippen LogP contribution in [0.25, 0.3) is 0 Å². The van der Waals surface area contributed by atoms with E-state index in [2.05, 4.69) is 62.4 Å². The zero-order chi connectivity index (χ0) is 36.5. The molecular formula is C38H66N2O7P2. The lowest BCUT2D eigenvalue weighted by atomic mass is 10.00. The van der Waals surface area contributed by atoms with Gasteiger partial charge in [-0.05, 0) is 73.6 Å². The van der Waals surface area contributed by atoms with Gasteiger partial charge >= 0.3 is 15.2 Å². The summed E-state index contributed by atoms with van der Waals surface area (Å²) in [5.74, 6) is 0.890. The predicted molar refractivity (Wildman–Crippen MR) is 204 cm³/mol. The zero-order valence-corrected chi connectivity index (χ0v) is 31.8. The van der Waals surface area contributed by atoms with Gasteiger partial charge < -0.3 is 36.1 Å². The second kappa shape index (κ2) is 26.2. The minimum absolute atomic E-state index is 0.333. The van der Waals surface area contributed by atoms with Gasteiger partial charge in [0, 0.05) is 17.9 Å². The van der Waals surface area contributed by atoms with Crippen molar-refractivity contribution in [2.45, 2.75) is 148 Å². The molecule has 3 atom stereocenters. The van der Waals surface area contributed by atoms with Crippen LogP contribution in [0, 0.1) is 0 Å². The average Bonchev–Trinajstić information content (AvgIpc) is 3.05. The Morgan fingerprint density at radius 1 is 0.592 bits per heavy atom. The maximum absolute atomic E-state index is 10.9. The molecule has 2 aromatic rings. The van der Waals surface area contributed by atoms with Crippen LogP contribution in [0.1, 0.15) is 126 Å². The van der Waals surface area contributed by atoms with E-state index in [4.69, 9.17) is 31.0 Å². The summed E-state index contributed by atoms with van der Waals surface area (Å²) in [6, 6.07) is 16.1. The lowest BCUT2D eigenvalue weighted by molar-refractivity contribution is 0.155. The van der Waals surface area contributed by atoms with E-state index in [1.54, 1.807) is 0 Å². The number of aryl methyl sites for hydroxylation is 4.